The quantitative estimate of drug-likeness (QED) is 0.639. The summed E-state index contributed by atoms with van der Waals surface area (Å²) in [6.07, 6.45) is -0.433. The molecular formula is C21H28F2N2O2. The molecule has 6 heteroatoms. The lowest BCUT2D eigenvalue weighted by molar-refractivity contribution is -0.142. The third-order valence-electron chi connectivity index (χ3n) is 3.72. The zero-order valence-electron chi connectivity index (χ0n) is 16.6. The van der Waals surface area contributed by atoms with Crippen LogP contribution in [0, 0.1) is 11.6 Å². The SMILES string of the molecule is CCOC(OCC)c1cc(NC(C)(C)C)c(F)c(Cc2ccc(F)cc2)n1. The number of ether oxygens (including phenoxy) is 2. The first kappa shape index (κ1) is 21.3. The molecule has 0 bridgehead atoms. The van der Waals surface area contributed by atoms with Gasteiger partial charge in [0.15, 0.2) is 5.82 Å². The average Bonchev–Trinajstić information content (AvgIpc) is 2.59. The van der Waals surface area contributed by atoms with Crippen molar-refractivity contribution in [2.24, 2.45) is 0 Å². The first-order valence-corrected chi connectivity index (χ1v) is 9.18. The summed E-state index contributed by atoms with van der Waals surface area (Å²) in [5.41, 5.74) is 1.54. The predicted molar refractivity (Wildman–Crippen MR) is 103 cm³/mol. The van der Waals surface area contributed by atoms with Crippen LogP contribution in [0.5, 0.6) is 0 Å². The van der Waals surface area contributed by atoms with Gasteiger partial charge in [-0.2, -0.15) is 0 Å². The second-order valence-electron chi connectivity index (χ2n) is 7.28. The molecule has 0 aliphatic carbocycles. The monoisotopic (exact) mass is 378 g/mol. The van der Waals surface area contributed by atoms with Crippen molar-refractivity contribution in [1.82, 2.24) is 4.98 Å². The zero-order chi connectivity index (χ0) is 20.0. The Bertz CT molecular complexity index is 737. The number of nitrogens with zero attached hydrogens (tertiary/aromatic N) is 1. The Balaban J connectivity index is 2.47. The van der Waals surface area contributed by atoms with Gasteiger partial charge in [-0.05, 0) is 58.4 Å². The highest BCUT2D eigenvalue weighted by atomic mass is 19.1. The van der Waals surface area contributed by atoms with Gasteiger partial charge in [-0.25, -0.2) is 13.8 Å². The van der Waals surface area contributed by atoms with E-state index in [9.17, 15) is 4.39 Å². The molecule has 1 aromatic heterocycles. The van der Waals surface area contributed by atoms with E-state index < -0.39 is 12.1 Å². The van der Waals surface area contributed by atoms with E-state index in [-0.39, 0.29) is 23.5 Å². The highest BCUT2D eigenvalue weighted by Gasteiger charge is 2.22. The number of hydrogen-bond donors (Lipinski definition) is 1. The Hall–Kier alpha value is -2.05. The van der Waals surface area contributed by atoms with Crippen molar-refractivity contribution in [3.8, 4) is 0 Å². The van der Waals surface area contributed by atoms with Gasteiger partial charge in [0.1, 0.15) is 5.82 Å². The number of pyridine rings is 1. The number of rotatable bonds is 8. The Kier molecular flexibility index (Phi) is 7.27. The van der Waals surface area contributed by atoms with Crippen molar-refractivity contribution in [2.75, 3.05) is 18.5 Å². The van der Waals surface area contributed by atoms with Crippen LogP contribution >= 0.6 is 0 Å². The van der Waals surface area contributed by atoms with E-state index in [0.717, 1.165) is 5.56 Å². The summed E-state index contributed by atoms with van der Waals surface area (Å²) in [6, 6.07) is 7.60. The van der Waals surface area contributed by atoms with Gasteiger partial charge in [-0.3, -0.25) is 0 Å². The van der Waals surface area contributed by atoms with Crippen LogP contribution in [0.2, 0.25) is 0 Å². The summed E-state index contributed by atoms with van der Waals surface area (Å²) in [5.74, 6) is -0.756. The summed E-state index contributed by atoms with van der Waals surface area (Å²) in [7, 11) is 0. The Morgan fingerprint density at radius 1 is 1.04 bits per heavy atom. The lowest BCUT2D eigenvalue weighted by atomic mass is 10.1. The van der Waals surface area contributed by atoms with Gasteiger partial charge >= 0.3 is 0 Å². The Morgan fingerprint density at radius 3 is 2.15 bits per heavy atom. The van der Waals surface area contributed by atoms with E-state index in [1.807, 2.05) is 34.6 Å². The lowest BCUT2D eigenvalue weighted by Crippen LogP contribution is -2.27. The molecule has 0 atom stereocenters. The second-order valence-corrected chi connectivity index (χ2v) is 7.28. The highest BCUT2D eigenvalue weighted by molar-refractivity contribution is 5.50. The minimum absolute atomic E-state index is 0.240. The van der Waals surface area contributed by atoms with Crippen molar-refractivity contribution in [1.29, 1.82) is 0 Å². The molecule has 2 aromatic rings. The van der Waals surface area contributed by atoms with Crippen LogP contribution in [0.15, 0.2) is 30.3 Å². The third-order valence-corrected chi connectivity index (χ3v) is 3.72. The van der Waals surface area contributed by atoms with Crippen LogP contribution in [0.4, 0.5) is 14.5 Å². The second kappa shape index (κ2) is 9.24. The Morgan fingerprint density at radius 2 is 1.63 bits per heavy atom. The van der Waals surface area contributed by atoms with E-state index in [2.05, 4.69) is 10.3 Å². The molecule has 0 aliphatic heterocycles. The van der Waals surface area contributed by atoms with Crippen LogP contribution in [0.25, 0.3) is 0 Å². The molecular weight excluding hydrogens is 350 g/mol. The number of benzene rings is 1. The first-order chi connectivity index (χ1) is 12.7. The number of aromatic nitrogens is 1. The van der Waals surface area contributed by atoms with E-state index in [4.69, 9.17) is 9.47 Å². The van der Waals surface area contributed by atoms with Crippen molar-refractivity contribution in [3.05, 3.63) is 58.9 Å². The van der Waals surface area contributed by atoms with Crippen LogP contribution < -0.4 is 5.32 Å². The molecule has 0 saturated heterocycles. The van der Waals surface area contributed by atoms with Gasteiger partial charge in [0.2, 0.25) is 6.29 Å². The molecule has 148 valence electrons. The van der Waals surface area contributed by atoms with Crippen LogP contribution in [0.1, 0.15) is 57.9 Å². The molecule has 0 unspecified atom stereocenters. The number of halogens is 2. The summed E-state index contributed by atoms with van der Waals surface area (Å²) in [4.78, 5) is 4.46. The molecule has 1 heterocycles. The maximum Gasteiger partial charge on any atom is 0.201 e. The van der Waals surface area contributed by atoms with Gasteiger partial charge in [0.25, 0.3) is 0 Å². The molecule has 4 nitrogen and oxygen atoms in total. The molecule has 1 N–H and O–H groups in total. The fourth-order valence-electron chi connectivity index (χ4n) is 2.65. The van der Waals surface area contributed by atoms with Crippen molar-refractivity contribution >= 4 is 5.69 Å². The fraction of sp³-hybridized carbons (Fsp3) is 0.476. The van der Waals surface area contributed by atoms with Gasteiger partial charge in [0.05, 0.1) is 17.1 Å². The van der Waals surface area contributed by atoms with Gasteiger partial charge in [-0.15, -0.1) is 0 Å². The van der Waals surface area contributed by atoms with E-state index in [1.165, 1.54) is 12.1 Å². The minimum atomic E-state index is -0.673. The fourth-order valence-corrected chi connectivity index (χ4v) is 2.65. The molecule has 27 heavy (non-hydrogen) atoms. The van der Waals surface area contributed by atoms with Crippen molar-refractivity contribution in [3.63, 3.8) is 0 Å². The van der Waals surface area contributed by atoms with Gasteiger partial charge < -0.3 is 14.8 Å². The summed E-state index contributed by atoms with van der Waals surface area (Å²) in [5, 5.41) is 3.18. The summed E-state index contributed by atoms with van der Waals surface area (Å²) >= 11 is 0. The van der Waals surface area contributed by atoms with Crippen molar-refractivity contribution < 1.29 is 18.3 Å². The molecule has 1 aromatic carbocycles. The summed E-state index contributed by atoms with van der Waals surface area (Å²) in [6.45, 7) is 10.5. The predicted octanol–water partition coefficient (Wildman–Crippen LogP) is 5.23. The standard InChI is InChI=1S/C21H28F2N2O2/c1-6-26-20(27-7-2)18-13-17(25-21(3,4)5)19(23)16(24-18)12-14-8-10-15(22)11-9-14/h8-11,13,20H,6-7,12H2,1-5H3,(H,24,25). The average molecular weight is 378 g/mol. The molecule has 0 amide bonds. The van der Waals surface area contributed by atoms with E-state index in [0.29, 0.717) is 24.6 Å². The molecule has 0 fully saturated rings. The van der Waals surface area contributed by atoms with E-state index in [1.54, 1.807) is 18.2 Å². The van der Waals surface area contributed by atoms with Crippen LogP contribution in [0.3, 0.4) is 0 Å². The molecule has 2 rings (SSSR count). The van der Waals surface area contributed by atoms with Crippen LogP contribution in [-0.2, 0) is 15.9 Å². The maximum absolute atomic E-state index is 15.1. The first-order valence-electron chi connectivity index (χ1n) is 9.18. The number of hydrogen-bond acceptors (Lipinski definition) is 4. The smallest absolute Gasteiger partial charge is 0.201 e. The number of nitrogens with one attached hydrogen (secondary N) is 1. The largest absolute Gasteiger partial charge is 0.378 e. The zero-order valence-corrected chi connectivity index (χ0v) is 16.6. The summed E-state index contributed by atoms with van der Waals surface area (Å²) < 4.78 is 39.5. The number of anilines is 1. The molecule has 0 radical (unpaired) electrons. The van der Waals surface area contributed by atoms with Gasteiger partial charge in [0, 0.05) is 25.2 Å². The molecule has 0 aliphatic rings. The maximum atomic E-state index is 15.1. The van der Waals surface area contributed by atoms with Crippen LogP contribution in [-0.4, -0.2) is 23.7 Å². The topological polar surface area (TPSA) is 43.4 Å². The lowest BCUT2D eigenvalue weighted by Gasteiger charge is -2.25. The third kappa shape index (κ3) is 6.26. The van der Waals surface area contributed by atoms with E-state index >= 15 is 4.39 Å². The highest BCUT2D eigenvalue weighted by Crippen LogP contribution is 2.28. The normalized spacial score (nSPS) is 11.9. The van der Waals surface area contributed by atoms with Crippen molar-refractivity contribution in [2.45, 2.75) is 52.9 Å². The molecule has 0 saturated carbocycles. The molecule has 0 spiro atoms. The Labute approximate surface area is 159 Å². The minimum Gasteiger partial charge on any atom is -0.378 e. The van der Waals surface area contributed by atoms with Gasteiger partial charge in [-0.1, -0.05) is 12.1 Å².